The Morgan fingerprint density at radius 3 is 2.65 bits per heavy atom. The van der Waals surface area contributed by atoms with Gasteiger partial charge in [-0.05, 0) is 67.0 Å². The van der Waals surface area contributed by atoms with Crippen molar-refractivity contribution < 1.29 is 8.42 Å². The Morgan fingerprint density at radius 2 is 1.81 bits per heavy atom. The van der Waals surface area contributed by atoms with Gasteiger partial charge in [0.15, 0.2) is 0 Å². The number of sulfonamides is 1. The number of hydrogen-bond donors (Lipinski definition) is 1. The highest BCUT2D eigenvalue weighted by molar-refractivity contribution is 7.89. The molecule has 5 heteroatoms. The normalized spacial score (nSPS) is 14.5. The van der Waals surface area contributed by atoms with E-state index in [1.54, 1.807) is 6.07 Å². The molecule has 0 amide bonds. The van der Waals surface area contributed by atoms with Crippen molar-refractivity contribution in [2.24, 2.45) is 7.05 Å². The van der Waals surface area contributed by atoms with Crippen LogP contribution in [0.15, 0.2) is 53.6 Å². The van der Waals surface area contributed by atoms with Gasteiger partial charge in [0.05, 0.1) is 4.90 Å². The molecule has 0 spiro atoms. The SMILES string of the molecule is Cn1cc(CCNS(=O)(=O)c2ccc3c(c2)CCCC3)c2ccccc21. The third kappa shape index (κ3) is 3.29. The Morgan fingerprint density at radius 1 is 1.04 bits per heavy atom. The lowest BCUT2D eigenvalue weighted by molar-refractivity contribution is 0.581. The van der Waals surface area contributed by atoms with Crippen LogP contribution in [0.2, 0.25) is 0 Å². The maximum absolute atomic E-state index is 12.7. The number of aromatic nitrogens is 1. The van der Waals surface area contributed by atoms with Gasteiger partial charge >= 0.3 is 0 Å². The molecule has 26 heavy (non-hydrogen) atoms. The molecule has 0 bridgehead atoms. The van der Waals surface area contributed by atoms with Crippen LogP contribution in [0.5, 0.6) is 0 Å². The third-order valence-corrected chi connectivity index (χ3v) is 6.75. The summed E-state index contributed by atoms with van der Waals surface area (Å²) in [5.74, 6) is 0. The van der Waals surface area contributed by atoms with E-state index < -0.39 is 10.0 Å². The van der Waals surface area contributed by atoms with Gasteiger partial charge in [0.25, 0.3) is 0 Å². The second-order valence-corrected chi connectivity index (χ2v) is 8.83. The minimum Gasteiger partial charge on any atom is -0.350 e. The van der Waals surface area contributed by atoms with E-state index in [1.165, 1.54) is 28.5 Å². The maximum Gasteiger partial charge on any atom is 0.240 e. The summed E-state index contributed by atoms with van der Waals surface area (Å²) in [6.07, 6.45) is 7.13. The van der Waals surface area contributed by atoms with E-state index in [4.69, 9.17) is 0 Å². The van der Waals surface area contributed by atoms with Gasteiger partial charge in [-0.15, -0.1) is 0 Å². The van der Waals surface area contributed by atoms with Crippen LogP contribution < -0.4 is 4.72 Å². The van der Waals surface area contributed by atoms with E-state index in [2.05, 4.69) is 27.6 Å². The minimum atomic E-state index is -3.47. The van der Waals surface area contributed by atoms with Gasteiger partial charge in [-0.25, -0.2) is 13.1 Å². The summed E-state index contributed by atoms with van der Waals surface area (Å²) in [5, 5.41) is 1.18. The molecule has 4 nitrogen and oxygen atoms in total. The molecule has 0 saturated carbocycles. The Hall–Kier alpha value is -2.11. The van der Waals surface area contributed by atoms with E-state index in [0.29, 0.717) is 17.9 Å². The van der Waals surface area contributed by atoms with E-state index >= 15 is 0 Å². The van der Waals surface area contributed by atoms with Crippen molar-refractivity contribution in [1.82, 2.24) is 9.29 Å². The van der Waals surface area contributed by atoms with E-state index in [0.717, 1.165) is 24.8 Å². The number of rotatable bonds is 5. The van der Waals surface area contributed by atoms with Crippen LogP contribution >= 0.6 is 0 Å². The molecule has 3 aromatic rings. The zero-order chi connectivity index (χ0) is 18.1. The molecule has 1 heterocycles. The van der Waals surface area contributed by atoms with E-state index in [9.17, 15) is 8.42 Å². The number of fused-ring (bicyclic) bond motifs is 2. The van der Waals surface area contributed by atoms with Crippen LogP contribution in [0.4, 0.5) is 0 Å². The van der Waals surface area contributed by atoms with Crippen LogP contribution in [0.3, 0.4) is 0 Å². The zero-order valence-electron chi connectivity index (χ0n) is 15.0. The molecule has 1 N–H and O–H groups in total. The fourth-order valence-corrected chi connectivity index (χ4v) is 4.99. The number of aryl methyl sites for hydroxylation is 3. The number of hydrogen-bond acceptors (Lipinski definition) is 2. The smallest absolute Gasteiger partial charge is 0.240 e. The molecule has 1 aliphatic carbocycles. The molecule has 0 unspecified atom stereocenters. The highest BCUT2D eigenvalue weighted by atomic mass is 32.2. The van der Waals surface area contributed by atoms with Gasteiger partial charge in [-0.1, -0.05) is 24.3 Å². The van der Waals surface area contributed by atoms with Crippen LogP contribution in [0.1, 0.15) is 29.5 Å². The lowest BCUT2D eigenvalue weighted by Gasteiger charge is -2.16. The minimum absolute atomic E-state index is 0.385. The molecule has 136 valence electrons. The number of benzene rings is 2. The topological polar surface area (TPSA) is 51.1 Å². The molecule has 0 fully saturated rings. The Bertz CT molecular complexity index is 1050. The molecular formula is C21H24N2O2S. The lowest BCUT2D eigenvalue weighted by Crippen LogP contribution is -2.26. The Balaban J connectivity index is 1.48. The highest BCUT2D eigenvalue weighted by Gasteiger charge is 2.17. The van der Waals surface area contributed by atoms with Gasteiger partial charge in [0, 0.05) is 30.7 Å². The Kier molecular flexibility index (Phi) is 4.59. The lowest BCUT2D eigenvalue weighted by atomic mass is 9.92. The molecule has 0 aliphatic heterocycles. The predicted molar refractivity (Wildman–Crippen MR) is 105 cm³/mol. The average Bonchev–Trinajstić information content (AvgIpc) is 2.97. The first-order valence-electron chi connectivity index (χ1n) is 9.19. The molecular weight excluding hydrogens is 344 g/mol. The third-order valence-electron chi connectivity index (χ3n) is 5.30. The van der Waals surface area contributed by atoms with Gasteiger partial charge in [0.2, 0.25) is 10.0 Å². The molecule has 0 saturated heterocycles. The van der Waals surface area contributed by atoms with Crippen molar-refractivity contribution in [3.05, 3.63) is 65.4 Å². The first kappa shape index (κ1) is 17.3. The number of nitrogens with zero attached hydrogens (tertiary/aromatic N) is 1. The first-order chi connectivity index (χ1) is 12.5. The molecule has 1 aromatic heterocycles. The summed E-state index contributed by atoms with van der Waals surface area (Å²) < 4.78 is 30.2. The summed E-state index contributed by atoms with van der Waals surface area (Å²) in [6, 6.07) is 13.8. The van der Waals surface area contributed by atoms with E-state index in [1.807, 2.05) is 31.3 Å². The Labute approximate surface area is 154 Å². The summed E-state index contributed by atoms with van der Waals surface area (Å²) in [4.78, 5) is 0.385. The van der Waals surface area contributed by atoms with Crippen LogP contribution in [0, 0.1) is 0 Å². The van der Waals surface area contributed by atoms with Crippen molar-refractivity contribution in [2.75, 3.05) is 6.54 Å². The summed E-state index contributed by atoms with van der Waals surface area (Å²) in [5.41, 5.74) is 4.82. The van der Waals surface area contributed by atoms with Crippen molar-refractivity contribution >= 4 is 20.9 Å². The van der Waals surface area contributed by atoms with E-state index in [-0.39, 0.29) is 0 Å². The fourth-order valence-electron chi connectivity index (χ4n) is 3.91. The number of nitrogens with one attached hydrogen (secondary N) is 1. The molecule has 1 aliphatic rings. The van der Waals surface area contributed by atoms with Crippen molar-refractivity contribution in [3.8, 4) is 0 Å². The molecule has 0 atom stereocenters. The quantitative estimate of drug-likeness (QED) is 0.748. The molecule has 0 radical (unpaired) electrons. The second kappa shape index (κ2) is 6.89. The standard InChI is InChI=1S/C21H24N2O2S/c1-23-15-18(20-8-4-5-9-21(20)23)12-13-22-26(24,25)19-11-10-16-6-2-3-7-17(16)14-19/h4-5,8-11,14-15,22H,2-3,6-7,12-13H2,1H3. The predicted octanol–water partition coefficient (Wildman–Crippen LogP) is 3.58. The summed E-state index contributed by atoms with van der Waals surface area (Å²) >= 11 is 0. The zero-order valence-corrected chi connectivity index (χ0v) is 15.8. The molecule has 4 rings (SSSR count). The average molecular weight is 369 g/mol. The van der Waals surface area contributed by atoms with Gasteiger partial charge in [0.1, 0.15) is 0 Å². The van der Waals surface area contributed by atoms with Gasteiger partial charge in [-0.3, -0.25) is 0 Å². The van der Waals surface area contributed by atoms with Crippen molar-refractivity contribution in [2.45, 2.75) is 37.0 Å². The monoisotopic (exact) mass is 368 g/mol. The first-order valence-corrected chi connectivity index (χ1v) is 10.7. The number of para-hydroxylation sites is 1. The highest BCUT2D eigenvalue weighted by Crippen LogP contribution is 2.24. The fraction of sp³-hybridized carbons (Fsp3) is 0.333. The van der Waals surface area contributed by atoms with Crippen molar-refractivity contribution in [1.29, 1.82) is 0 Å². The van der Waals surface area contributed by atoms with Crippen LogP contribution in [-0.4, -0.2) is 19.5 Å². The second-order valence-electron chi connectivity index (χ2n) is 7.07. The summed E-state index contributed by atoms with van der Waals surface area (Å²) in [7, 11) is -1.45. The largest absolute Gasteiger partial charge is 0.350 e. The molecule has 2 aromatic carbocycles. The van der Waals surface area contributed by atoms with Crippen molar-refractivity contribution in [3.63, 3.8) is 0 Å². The summed E-state index contributed by atoms with van der Waals surface area (Å²) in [6.45, 7) is 0.396. The van der Waals surface area contributed by atoms with Gasteiger partial charge < -0.3 is 4.57 Å². The van der Waals surface area contributed by atoms with Gasteiger partial charge in [-0.2, -0.15) is 0 Å². The van der Waals surface area contributed by atoms with Crippen LogP contribution in [-0.2, 0) is 36.3 Å². The van der Waals surface area contributed by atoms with Crippen LogP contribution in [0.25, 0.3) is 10.9 Å². The maximum atomic E-state index is 12.7.